The molecule has 0 radical (unpaired) electrons. The maximum atomic E-state index is 13.7. The number of anilines is 2. The van der Waals surface area contributed by atoms with Crippen LogP contribution in [0.2, 0.25) is 0 Å². The lowest BCUT2D eigenvalue weighted by Gasteiger charge is -2.32. The standard InChI is InChI=1S/C28H32N4O6S/c1-18-15-24(31-38-18)30-25(34)16-39-17-26(35)32(22-12-10-20(11-13-22)19(2)33)27(23-9-6-14-37-23)28(36)29-21-7-4-3-5-8-21/h6,9-15,21,27H,3-5,7-8,16-17H2,1-2H3,(H,29,36)(H,30,31,34). The van der Waals surface area contributed by atoms with E-state index >= 15 is 0 Å². The van der Waals surface area contributed by atoms with Crippen LogP contribution in [-0.2, 0) is 14.4 Å². The number of hydrogen-bond acceptors (Lipinski definition) is 8. The number of rotatable bonds is 11. The van der Waals surface area contributed by atoms with Gasteiger partial charge in [0.2, 0.25) is 11.8 Å². The van der Waals surface area contributed by atoms with Gasteiger partial charge >= 0.3 is 0 Å². The molecule has 1 fully saturated rings. The first-order valence-corrected chi connectivity index (χ1v) is 14.0. The van der Waals surface area contributed by atoms with Crippen molar-refractivity contribution in [2.45, 2.75) is 58.0 Å². The van der Waals surface area contributed by atoms with Gasteiger partial charge in [-0.2, -0.15) is 0 Å². The number of aromatic nitrogens is 1. The lowest BCUT2D eigenvalue weighted by molar-refractivity contribution is -0.127. The van der Waals surface area contributed by atoms with Crippen molar-refractivity contribution in [3.8, 4) is 0 Å². The van der Waals surface area contributed by atoms with Gasteiger partial charge in [0.05, 0.1) is 17.8 Å². The van der Waals surface area contributed by atoms with Crippen LogP contribution in [0.25, 0.3) is 0 Å². The molecule has 0 spiro atoms. The number of Topliss-reactive ketones (excluding diaryl/α,β-unsaturated/α-hetero) is 1. The first kappa shape index (κ1) is 28.2. The number of carbonyl (C=O) groups is 4. The quantitative estimate of drug-likeness (QED) is 0.328. The lowest BCUT2D eigenvalue weighted by atomic mass is 9.95. The fraction of sp³-hybridized carbons (Fsp3) is 0.393. The zero-order chi connectivity index (χ0) is 27.8. The highest BCUT2D eigenvalue weighted by Crippen LogP contribution is 2.30. The summed E-state index contributed by atoms with van der Waals surface area (Å²) in [5.74, 6) is -0.0783. The van der Waals surface area contributed by atoms with Crippen molar-refractivity contribution in [3.63, 3.8) is 0 Å². The van der Waals surface area contributed by atoms with Gasteiger partial charge in [-0.1, -0.05) is 24.4 Å². The van der Waals surface area contributed by atoms with E-state index in [1.54, 1.807) is 49.4 Å². The topological polar surface area (TPSA) is 135 Å². The number of furan rings is 1. The van der Waals surface area contributed by atoms with Crippen LogP contribution in [-0.4, -0.2) is 46.2 Å². The van der Waals surface area contributed by atoms with Crippen LogP contribution >= 0.6 is 11.8 Å². The van der Waals surface area contributed by atoms with Crippen LogP contribution in [0.5, 0.6) is 0 Å². The summed E-state index contributed by atoms with van der Waals surface area (Å²) in [4.78, 5) is 52.9. The minimum absolute atomic E-state index is 0.00550. The molecule has 3 amide bonds. The maximum absolute atomic E-state index is 13.7. The third kappa shape index (κ3) is 7.60. The van der Waals surface area contributed by atoms with Gasteiger partial charge in [-0.05, 0) is 63.1 Å². The van der Waals surface area contributed by atoms with Gasteiger partial charge < -0.3 is 19.6 Å². The fourth-order valence-corrected chi connectivity index (χ4v) is 5.22. The largest absolute Gasteiger partial charge is 0.467 e. The molecule has 1 atom stereocenters. The van der Waals surface area contributed by atoms with E-state index in [0.717, 1.165) is 43.9 Å². The molecule has 1 saturated carbocycles. The van der Waals surface area contributed by atoms with E-state index in [1.807, 2.05) is 0 Å². The molecule has 2 heterocycles. The minimum Gasteiger partial charge on any atom is -0.467 e. The summed E-state index contributed by atoms with van der Waals surface area (Å²) in [7, 11) is 0. The predicted molar refractivity (Wildman–Crippen MR) is 148 cm³/mol. The zero-order valence-electron chi connectivity index (χ0n) is 22.0. The average Bonchev–Trinajstić information content (AvgIpc) is 3.59. The van der Waals surface area contributed by atoms with E-state index in [-0.39, 0.29) is 41.1 Å². The summed E-state index contributed by atoms with van der Waals surface area (Å²) in [5, 5.41) is 9.47. The third-order valence-corrected chi connectivity index (χ3v) is 7.36. The van der Waals surface area contributed by atoms with Crippen LogP contribution in [0.4, 0.5) is 11.5 Å². The van der Waals surface area contributed by atoms with Crippen molar-refractivity contribution in [1.82, 2.24) is 10.5 Å². The maximum Gasteiger partial charge on any atom is 0.251 e. The molecular weight excluding hydrogens is 520 g/mol. The van der Waals surface area contributed by atoms with Gasteiger partial charge in [-0.15, -0.1) is 11.8 Å². The normalized spacial score (nSPS) is 14.4. The Kier molecular flexibility index (Phi) is 9.59. The number of benzene rings is 1. The van der Waals surface area contributed by atoms with Crippen LogP contribution in [0.15, 0.2) is 57.7 Å². The van der Waals surface area contributed by atoms with Crippen LogP contribution in [0.1, 0.15) is 66.9 Å². The number of amides is 3. The predicted octanol–water partition coefficient (Wildman–Crippen LogP) is 4.67. The smallest absolute Gasteiger partial charge is 0.251 e. The first-order valence-electron chi connectivity index (χ1n) is 12.9. The summed E-state index contributed by atoms with van der Waals surface area (Å²) in [5.41, 5.74) is 0.926. The molecule has 0 aliphatic heterocycles. The van der Waals surface area contributed by atoms with Crippen molar-refractivity contribution < 1.29 is 28.1 Å². The highest BCUT2D eigenvalue weighted by atomic mass is 32.2. The number of ketones is 1. The summed E-state index contributed by atoms with van der Waals surface area (Å²) < 4.78 is 10.6. The number of nitrogens with zero attached hydrogens (tertiary/aromatic N) is 2. The van der Waals surface area contributed by atoms with Gasteiger partial charge in [-0.25, -0.2) is 0 Å². The first-order chi connectivity index (χ1) is 18.8. The van der Waals surface area contributed by atoms with Crippen molar-refractivity contribution in [2.75, 3.05) is 21.7 Å². The lowest BCUT2D eigenvalue weighted by Crippen LogP contribution is -2.47. The summed E-state index contributed by atoms with van der Waals surface area (Å²) in [6, 6.07) is 10.4. The number of hydrogen-bond donors (Lipinski definition) is 2. The van der Waals surface area contributed by atoms with Crippen molar-refractivity contribution >= 4 is 46.8 Å². The van der Waals surface area contributed by atoms with Gasteiger partial charge in [0, 0.05) is 23.4 Å². The highest BCUT2D eigenvalue weighted by Gasteiger charge is 2.36. The fourth-order valence-electron chi connectivity index (χ4n) is 4.55. The summed E-state index contributed by atoms with van der Waals surface area (Å²) in [6.07, 6.45) is 6.45. The molecule has 2 N–H and O–H groups in total. The van der Waals surface area contributed by atoms with Crippen molar-refractivity contribution in [3.05, 3.63) is 65.8 Å². The van der Waals surface area contributed by atoms with Crippen LogP contribution < -0.4 is 15.5 Å². The summed E-state index contributed by atoms with van der Waals surface area (Å²) in [6.45, 7) is 3.18. The Labute approximate surface area is 230 Å². The molecule has 4 rings (SSSR count). The molecule has 10 nitrogen and oxygen atoms in total. The number of aryl methyl sites for hydroxylation is 1. The van der Waals surface area contributed by atoms with E-state index in [1.165, 1.54) is 18.1 Å². The monoisotopic (exact) mass is 552 g/mol. The van der Waals surface area contributed by atoms with E-state index < -0.39 is 6.04 Å². The Morgan fingerprint density at radius 2 is 1.82 bits per heavy atom. The second-order valence-electron chi connectivity index (χ2n) is 9.49. The van der Waals surface area contributed by atoms with Gasteiger partial charge in [0.1, 0.15) is 11.5 Å². The Hall–Kier alpha value is -3.86. The molecule has 39 heavy (non-hydrogen) atoms. The Balaban J connectivity index is 1.55. The Morgan fingerprint density at radius 1 is 1.08 bits per heavy atom. The Morgan fingerprint density at radius 3 is 2.44 bits per heavy atom. The van der Waals surface area contributed by atoms with Gasteiger partial charge in [0.25, 0.3) is 5.91 Å². The molecular formula is C28H32N4O6S. The molecule has 3 aromatic rings. The van der Waals surface area contributed by atoms with Crippen molar-refractivity contribution in [2.24, 2.45) is 0 Å². The number of carbonyl (C=O) groups excluding carboxylic acids is 4. The second-order valence-corrected chi connectivity index (χ2v) is 10.5. The van der Waals surface area contributed by atoms with E-state index in [2.05, 4.69) is 15.8 Å². The van der Waals surface area contributed by atoms with E-state index in [9.17, 15) is 19.2 Å². The molecule has 1 unspecified atom stereocenters. The summed E-state index contributed by atoms with van der Waals surface area (Å²) >= 11 is 1.11. The molecule has 1 aliphatic carbocycles. The molecule has 1 aliphatic rings. The SMILES string of the molecule is CC(=O)c1ccc(N(C(=O)CSCC(=O)Nc2cc(C)on2)C(C(=O)NC2CCCCC2)c2ccco2)cc1. The number of nitrogens with one attached hydrogen (secondary N) is 2. The number of thioether (sulfide) groups is 1. The molecule has 0 bridgehead atoms. The second kappa shape index (κ2) is 13.3. The Bertz CT molecular complexity index is 1280. The average molecular weight is 553 g/mol. The third-order valence-electron chi connectivity index (χ3n) is 6.45. The van der Waals surface area contributed by atoms with Gasteiger partial charge in [-0.3, -0.25) is 24.1 Å². The van der Waals surface area contributed by atoms with E-state index in [4.69, 9.17) is 8.94 Å². The molecule has 0 saturated heterocycles. The van der Waals surface area contributed by atoms with E-state index in [0.29, 0.717) is 28.6 Å². The highest BCUT2D eigenvalue weighted by molar-refractivity contribution is 8.00. The molecule has 2 aromatic heterocycles. The molecule has 11 heteroatoms. The minimum atomic E-state index is -1.06. The van der Waals surface area contributed by atoms with Crippen molar-refractivity contribution in [1.29, 1.82) is 0 Å². The molecule has 206 valence electrons. The zero-order valence-corrected chi connectivity index (χ0v) is 22.8. The van der Waals surface area contributed by atoms with Gasteiger partial charge in [0.15, 0.2) is 17.6 Å². The van der Waals surface area contributed by atoms with Crippen LogP contribution in [0, 0.1) is 6.92 Å². The van der Waals surface area contributed by atoms with Crippen LogP contribution in [0.3, 0.4) is 0 Å². The molecule has 1 aromatic carbocycles.